The highest BCUT2D eigenvalue weighted by atomic mass is 16.3. The lowest BCUT2D eigenvalue weighted by Crippen LogP contribution is -2.41. The van der Waals surface area contributed by atoms with Gasteiger partial charge in [-0.05, 0) is 137 Å². The number of rotatable bonds is 5. The summed E-state index contributed by atoms with van der Waals surface area (Å²) in [7, 11) is 0. The molecule has 0 spiro atoms. The molecule has 7 nitrogen and oxygen atoms in total. The van der Waals surface area contributed by atoms with E-state index in [2.05, 4.69) is 64.4 Å². The molecule has 6 aromatic carbocycles. The van der Waals surface area contributed by atoms with Crippen LogP contribution in [0, 0.1) is 11.3 Å². The zero-order valence-electron chi connectivity index (χ0n) is 34.1. The van der Waals surface area contributed by atoms with E-state index in [-0.39, 0.29) is 39.2 Å². The molecule has 0 bridgehead atoms. The lowest BCUT2D eigenvalue weighted by Gasteiger charge is -2.48. The first-order valence-electron chi connectivity index (χ1n) is 19.1. The maximum atomic E-state index is 9.67. The standard InChI is InChI=1S/C21H26O2.C15H16O2.C12H10O2.H2O/c1-15-12-20(2,3)14-21(13-15,16-4-8-18(22)9-5-16)17-6-10-19(23)11-7-17;1-15(2,11-3-7-13(16)8-4-11)12-5-9-14(17)10-6-12;13-11-5-1-9(2-6-11)10-3-7-12(14)8-4-10;/h4-11,15,22-23H,12-14H2,1-3H3;3-10,16-17H,1-2H3;1-8,13-14H;1H2/i/hD2. The molecule has 0 amide bonds. The van der Waals surface area contributed by atoms with Crippen molar-refractivity contribution in [3.05, 3.63) is 168 Å². The first-order valence-corrected chi connectivity index (χ1v) is 18.3. The van der Waals surface area contributed by atoms with Crippen LogP contribution in [-0.4, -0.2) is 39.0 Å². The van der Waals surface area contributed by atoms with Gasteiger partial charge in [-0.25, -0.2) is 0 Å². The molecule has 0 saturated heterocycles. The summed E-state index contributed by atoms with van der Waals surface area (Å²) in [5, 5.41) is 56.1. The topological polar surface area (TPSA) is 153 Å². The summed E-state index contributed by atoms with van der Waals surface area (Å²) >= 11 is 0. The van der Waals surface area contributed by atoms with Gasteiger partial charge in [-0.1, -0.05) is 107 Å². The highest BCUT2D eigenvalue weighted by Crippen LogP contribution is 2.53. The van der Waals surface area contributed by atoms with Crippen molar-refractivity contribution in [2.45, 2.75) is 64.7 Å². The fourth-order valence-corrected chi connectivity index (χ4v) is 7.97. The molecule has 0 aromatic heterocycles. The van der Waals surface area contributed by atoms with E-state index in [1.165, 1.54) is 17.5 Å². The summed E-state index contributed by atoms with van der Waals surface area (Å²) in [5.41, 5.74) is 9.58. The monoisotopic (exact) mass is 744 g/mol. The SMILES string of the molecule is CC(C)(c1ccc(O)cc1)c1ccc(O)cc1.CC1CC(C)(C)CC(c2ccc(O)cc2)(c2ccc(O)cc2)C1.Oc1ccc(-c2ccc(O)cc2)cc1.[2H]O[2H]. The average Bonchev–Trinajstić information content (AvgIpc) is 3.16. The molecular formula is C48H54O7. The minimum Gasteiger partial charge on any atom is -0.508 e. The summed E-state index contributed by atoms with van der Waals surface area (Å²) in [6.45, 7) is 11.3. The second-order valence-electron chi connectivity index (χ2n) is 15.8. The Morgan fingerprint density at radius 3 is 1.05 bits per heavy atom. The van der Waals surface area contributed by atoms with Crippen LogP contribution in [0.3, 0.4) is 0 Å². The summed E-state index contributed by atoms with van der Waals surface area (Å²) in [6.07, 6.45) is 3.39. The van der Waals surface area contributed by atoms with E-state index in [1.54, 1.807) is 72.8 Å². The van der Waals surface area contributed by atoms with Gasteiger partial charge >= 0.3 is 0 Å². The van der Waals surface area contributed by atoms with E-state index in [0.29, 0.717) is 17.4 Å². The van der Waals surface area contributed by atoms with Gasteiger partial charge in [0.25, 0.3) is 0 Å². The molecule has 1 unspecified atom stereocenters. The molecule has 55 heavy (non-hydrogen) atoms. The summed E-state index contributed by atoms with van der Waals surface area (Å²) in [4.78, 5) is 0. The molecule has 0 aliphatic heterocycles. The molecule has 288 valence electrons. The molecule has 1 saturated carbocycles. The fourth-order valence-electron chi connectivity index (χ4n) is 7.97. The molecule has 0 radical (unpaired) electrons. The van der Waals surface area contributed by atoms with E-state index >= 15 is 0 Å². The van der Waals surface area contributed by atoms with Crippen molar-refractivity contribution in [3.8, 4) is 45.6 Å². The number of aromatic hydroxyl groups is 6. The maximum Gasteiger partial charge on any atom is 0.206 e. The Hall–Kier alpha value is -5.92. The second-order valence-corrected chi connectivity index (χ2v) is 15.8. The van der Waals surface area contributed by atoms with E-state index in [0.717, 1.165) is 35.1 Å². The van der Waals surface area contributed by atoms with E-state index < -0.39 is 0 Å². The maximum absolute atomic E-state index is 9.67. The predicted molar refractivity (Wildman–Crippen MR) is 221 cm³/mol. The average molecular weight is 745 g/mol. The minimum atomic E-state index is -0.151. The third-order valence-corrected chi connectivity index (χ3v) is 10.5. The highest BCUT2D eigenvalue weighted by molar-refractivity contribution is 5.64. The van der Waals surface area contributed by atoms with Crippen LogP contribution in [-0.2, 0) is 10.8 Å². The summed E-state index contributed by atoms with van der Waals surface area (Å²) in [5.74, 6) is 2.29. The van der Waals surface area contributed by atoms with Gasteiger partial charge in [-0.2, -0.15) is 0 Å². The zero-order valence-corrected chi connectivity index (χ0v) is 32.1. The van der Waals surface area contributed by atoms with E-state index in [1.807, 2.05) is 48.5 Å². The third kappa shape index (κ3) is 10.6. The van der Waals surface area contributed by atoms with Crippen LogP contribution < -0.4 is 0 Å². The summed E-state index contributed by atoms with van der Waals surface area (Å²) < 4.78 is 10.8. The first-order chi connectivity index (χ1) is 27.0. The molecule has 1 aliphatic rings. The molecule has 8 N–H and O–H groups in total. The van der Waals surface area contributed by atoms with E-state index in [9.17, 15) is 20.4 Å². The van der Waals surface area contributed by atoms with Gasteiger partial charge in [0.15, 0.2) is 0 Å². The lowest BCUT2D eigenvalue weighted by atomic mass is 9.55. The van der Waals surface area contributed by atoms with Gasteiger partial charge in [0.05, 0.1) is 0 Å². The van der Waals surface area contributed by atoms with Crippen LogP contribution in [0.4, 0.5) is 0 Å². The number of benzene rings is 6. The number of phenolic OH excluding ortho intramolecular Hbond substituents is 6. The normalized spacial score (nSPS) is 15.9. The number of phenols is 6. The largest absolute Gasteiger partial charge is 0.508 e. The minimum absolute atomic E-state index is 0.0669. The van der Waals surface area contributed by atoms with Crippen molar-refractivity contribution >= 4 is 0 Å². The molecule has 1 aliphatic carbocycles. The van der Waals surface area contributed by atoms with Crippen molar-refractivity contribution in [3.63, 3.8) is 0 Å². The molecule has 0 heterocycles. The zero-order chi connectivity index (χ0) is 41.8. The van der Waals surface area contributed by atoms with Crippen molar-refractivity contribution in [2.75, 3.05) is 0 Å². The van der Waals surface area contributed by atoms with Crippen LogP contribution in [0.5, 0.6) is 34.5 Å². The van der Waals surface area contributed by atoms with Gasteiger partial charge in [0, 0.05) is 10.8 Å². The molecule has 1 fully saturated rings. The molecule has 7 heteroatoms. The number of hydrogen-bond acceptors (Lipinski definition) is 6. The Morgan fingerprint density at radius 2 is 0.764 bits per heavy atom. The van der Waals surface area contributed by atoms with Gasteiger partial charge in [0.1, 0.15) is 34.5 Å². The molecule has 1 atom stereocenters. The third-order valence-electron chi connectivity index (χ3n) is 10.5. The summed E-state index contributed by atoms with van der Waals surface area (Å²) in [6, 6.07) is 43.7. The van der Waals surface area contributed by atoms with Crippen LogP contribution in [0.25, 0.3) is 11.1 Å². The van der Waals surface area contributed by atoms with Gasteiger partial charge in [0.2, 0.25) is 2.86 Å². The van der Waals surface area contributed by atoms with Crippen LogP contribution in [0.2, 0.25) is 0 Å². The Morgan fingerprint density at radius 1 is 0.491 bits per heavy atom. The highest BCUT2D eigenvalue weighted by Gasteiger charge is 2.45. The first kappa shape index (κ1) is 38.8. The number of hydrogen-bond donors (Lipinski definition) is 6. The van der Waals surface area contributed by atoms with Gasteiger partial charge < -0.3 is 36.1 Å². The van der Waals surface area contributed by atoms with Crippen LogP contribution in [0.1, 0.15) is 76.1 Å². The molecular weight excluding hydrogens is 689 g/mol. The van der Waals surface area contributed by atoms with Crippen molar-refractivity contribution in [2.24, 2.45) is 11.3 Å². The van der Waals surface area contributed by atoms with Crippen LogP contribution >= 0.6 is 0 Å². The van der Waals surface area contributed by atoms with Crippen molar-refractivity contribution < 1.29 is 36.1 Å². The lowest BCUT2D eigenvalue weighted by molar-refractivity contribution is 0.127. The van der Waals surface area contributed by atoms with Crippen LogP contribution in [0.15, 0.2) is 146 Å². The Labute approximate surface area is 327 Å². The predicted octanol–water partition coefficient (Wildman–Crippen LogP) is 10.6. The van der Waals surface area contributed by atoms with Gasteiger partial charge in [-0.15, -0.1) is 0 Å². The van der Waals surface area contributed by atoms with Gasteiger partial charge in [-0.3, -0.25) is 0 Å². The van der Waals surface area contributed by atoms with E-state index in [4.69, 9.17) is 13.1 Å². The smallest absolute Gasteiger partial charge is 0.206 e. The van der Waals surface area contributed by atoms with Crippen molar-refractivity contribution in [1.29, 1.82) is 2.86 Å². The fraction of sp³-hybridized carbons (Fsp3) is 0.250. The van der Waals surface area contributed by atoms with Crippen molar-refractivity contribution in [1.82, 2.24) is 0 Å². The molecule has 6 aromatic rings. The Balaban J connectivity index is 0.000000189. The Bertz CT molecular complexity index is 1960. The quantitative estimate of drug-likeness (QED) is 0.103. The molecule has 7 rings (SSSR count). The second kappa shape index (κ2) is 17.5. The Kier molecular flexibility index (Phi) is 12.3.